The number of unbranched alkanes of at least 4 members (excludes halogenated alkanes) is 1. The SMILES string of the molecule is CCCCNC(=O)[C@H](CC)N(Cc1ccccc1)C(=O)CN(c1ccc(F)cc1)S(=O)(=O)c1ccc(OCC)cc1. The fraction of sp³-hybridized carbons (Fsp3) is 0.355. The van der Waals surface area contributed by atoms with Crippen molar-refractivity contribution in [2.75, 3.05) is 24.0 Å². The van der Waals surface area contributed by atoms with Crippen molar-refractivity contribution in [3.8, 4) is 5.75 Å². The van der Waals surface area contributed by atoms with Crippen LogP contribution in [0.15, 0.2) is 83.8 Å². The topological polar surface area (TPSA) is 96.0 Å². The Morgan fingerprint density at radius 3 is 2.17 bits per heavy atom. The molecule has 1 N–H and O–H groups in total. The Bertz CT molecular complexity index is 1370. The van der Waals surface area contributed by atoms with E-state index in [0.717, 1.165) is 34.8 Å². The summed E-state index contributed by atoms with van der Waals surface area (Å²) < 4.78 is 48.0. The maximum atomic E-state index is 14.0. The van der Waals surface area contributed by atoms with Gasteiger partial charge in [-0.15, -0.1) is 0 Å². The summed E-state index contributed by atoms with van der Waals surface area (Å²) in [4.78, 5) is 28.5. The van der Waals surface area contributed by atoms with E-state index >= 15 is 0 Å². The minimum atomic E-state index is -4.26. The molecule has 0 spiro atoms. The Labute approximate surface area is 242 Å². The Morgan fingerprint density at radius 2 is 1.59 bits per heavy atom. The largest absolute Gasteiger partial charge is 0.494 e. The number of ether oxygens (including phenoxy) is 1. The van der Waals surface area contributed by atoms with Gasteiger partial charge in [-0.3, -0.25) is 13.9 Å². The number of sulfonamides is 1. The third-order valence-corrected chi connectivity index (χ3v) is 8.32. The van der Waals surface area contributed by atoms with E-state index in [1.807, 2.05) is 51.1 Å². The number of carbonyl (C=O) groups excluding carboxylic acids is 2. The summed E-state index contributed by atoms with van der Waals surface area (Å²) >= 11 is 0. The van der Waals surface area contributed by atoms with Gasteiger partial charge in [0.1, 0.15) is 24.2 Å². The molecule has 0 aliphatic heterocycles. The van der Waals surface area contributed by atoms with Gasteiger partial charge in [0.15, 0.2) is 0 Å². The van der Waals surface area contributed by atoms with Crippen LogP contribution in [-0.4, -0.2) is 50.9 Å². The summed E-state index contributed by atoms with van der Waals surface area (Å²) in [6.45, 7) is 6.07. The number of nitrogens with zero attached hydrogens (tertiary/aromatic N) is 2. The molecule has 0 aliphatic carbocycles. The number of nitrogens with one attached hydrogen (secondary N) is 1. The monoisotopic (exact) mass is 583 g/mol. The number of amides is 2. The van der Waals surface area contributed by atoms with Gasteiger partial charge in [0.2, 0.25) is 11.8 Å². The van der Waals surface area contributed by atoms with Crippen LogP contribution in [0.1, 0.15) is 45.6 Å². The maximum absolute atomic E-state index is 14.0. The molecule has 220 valence electrons. The van der Waals surface area contributed by atoms with Crippen LogP contribution >= 0.6 is 0 Å². The fourth-order valence-corrected chi connectivity index (χ4v) is 5.76. The lowest BCUT2D eigenvalue weighted by Crippen LogP contribution is -2.52. The predicted molar refractivity (Wildman–Crippen MR) is 158 cm³/mol. The van der Waals surface area contributed by atoms with E-state index in [-0.39, 0.29) is 23.0 Å². The molecule has 3 aromatic rings. The first-order valence-electron chi connectivity index (χ1n) is 13.8. The molecule has 3 rings (SSSR count). The van der Waals surface area contributed by atoms with Crippen LogP contribution in [0.3, 0.4) is 0 Å². The highest BCUT2D eigenvalue weighted by molar-refractivity contribution is 7.92. The van der Waals surface area contributed by atoms with Gasteiger partial charge >= 0.3 is 0 Å². The number of benzene rings is 3. The highest BCUT2D eigenvalue weighted by Gasteiger charge is 2.33. The van der Waals surface area contributed by atoms with Gasteiger partial charge in [-0.1, -0.05) is 50.6 Å². The summed E-state index contributed by atoms with van der Waals surface area (Å²) in [6, 6.07) is 19.2. The Balaban J connectivity index is 2.00. The van der Waals surface area contributed by atoms with Crippen molar-refractivity contribution in [1.29, 1.82) is 0 Å². The molecule has 10 heteroatoms. The molecule has 0 saturated carbocycles. The van der Waals surface area contributed by atoms with Gasteiger partial charge in [0.25, 0.3) is 10.0 Å². The predicted octanol–water partition coefficient (Wildman–Crippen LogP) is 5.14. The van der Waals surface area contributed by atoms with Crippen LogP contribution in [0.5, 0.6) is 5.75 Å². The second-order valence-electron chi connectivity index (χ2n) is 9.47. The molecule has 0 aromatic heterocycles. The van der Waals surface area contributed by atoms with Crippen LogP contribution < -0.4 is 14.4 Å². The quantitative estimate of drug-likeness (QED) is 0.250. The summed E-state index contributed by atoms with van der Waals surface area (Å²) in [5.41, 5.74) is 0.914. The summed E-state index contributed by atoms with van der Waals surface area (Å²) in [6.07, 6.45) is 2.03. The van der Waals surface area contributed by atoms with Crippen LogP contribution in [0, 0.1) is 5.82 Å². The standard InChI is InChI=1S/C31H38FN3O5S/c1-4-7-21-33-31(37)29(5-2)34(22-24-11-9-8-10-12-24)30(36)23-35(26-15-13-25(32)14-16-26)41(38,39)28-19-17-27(18-20-28)40-6-3/h8-20,29H,4-7,21-23H2,1-3H3,(H,33,37)/t29-/m0/s1. The number of rotatable bonds is 15. The van der Waals surface area contributed by atoms with Crippen molar-refractivity contribution in [3.63, 3.8) is 0 Å². The molecule has 0 bridgehead atoms. The molecule has 8 nitrogen and oxygen atoms in total. The lowest BCUT2D eigenvalue weighted by Gasteiger charge is -2.33. The van der Waals surface area contributed by atoms with Crippen molar-refractivity contribution in [2.45, 2.75) is 57.5 Å². The van der Waals surface area contributed by atoms with Crippen molar-refractivity contribution in [2.24, 2.45) is 0 Å². The fourth-order valence-electron chi connectivity index (χ4n) is 4.34. The highest BCUT2D eigenvalue weighted by Crippen LogP contribution is 2.26. The number of anilines is 1. The zero-order chi connectivity index (χ0) is 29.8. The van der Waals surface area contributed by atoms with Crippen LogP contribution in [0.25, 0.3) is 0 Å². The summed E-state index contributed by atoms with van der Waals surface area (Å²) in [5.74, 6) is -0.901. The summed E-state index contributed by atoms with van der Waals surface area (Å²) in [7, 11) is -4.26. The Morgan fingerprint density at radius 1 is 0.927 bits per heavy atom. The molecule has 2 amide bonds. The third-order valence-electron chi connectivity index (χ3n) is 6.53. The first-order chi connectivity index (χ1) is 19.7. The first kappa shape index (κ1) is 31.6. The lowest BCUT2D eigenvalue weighted by molar-refractivity contribution is -0.140. The molecule has 0 aliphatic rings. The highest BCUT2D eigenvalue weighted by atomic mass is 32.2. The van der Waals surface area contributed by atoms with Crippen LogP contribution in [-0.2, 0) is 26.2 Å². The maximum Gasteiger partial charge on any atom is 0.264 e. The first-order valence-corrected chi connectivity index (χ1v) is 15.3. The van der Waals surface area contributed by atoms with Gasteiger partial charge in [-0.25, -0.2) is 12.8 Å². The van der Waals surface area contributed by atoms with Gasteiger partial charge in [0.05, 0.1) is 17.2 Å². The zero-order valence-electron chi connectivity index (χ0n) is 23.8. The third kappa shape index (κ3) is 8.53. The zero-order valence-corrected chi connectivity index (χ0v) is 24.6. The van der Waals surface area contributed by atoms with Gasteiger partial charge in [-0.05, 0) is 73.9 Å². The average molecular weight is 584 g/mol. The van der Waals surface area contributed by atoms with E-state index < -0.39 is 34.3 Å². The van der Waals surface area contributed by atoms with E-state index in [0.29, 0.717) is 25.3 Å². The van der Waals surface area contributed by atoms with Gasteiger partial charge < -0.3 is 15.0 Å². The van der Waals surface area contributed by atoms with Gasteiger partial charge in [-0.2, -0.15) is 0 Å². The minimum absolute atomic E-state index is 0.0583. The van der Waals surface area contributed by atoms with E-state index in [2.05, 4.69) is 5.32 Å². The molecular formula is C31H38FN3O5S. The van der Waals surface area contributed by atoms with E-state index in [9.17, 15) is 22.4 Å². The Hall–Kier alpha value is -3.92. The second-order valence-corrected chi connectivity index (χ2v) is 11.3. The van der Waals surface area contributed by atoms with E-state index in [4.69, 9.17) is 4.74 Å². The molecule has 0 heterocycles. The van der Waals surface area contributed by atoms with Crippen molar-refractivity contribution in [3.05, 3.63) is 90.2 Å². The second kappa shape index (κ2) is 15.2. The molecule has 0 fully saturated rings. The Kier molecular flexibility index (Phi) is 11.7. The molecule has 0 saturated heterocycles. The molecular weight excluding hydrogens is 545 g/mol. The van der Waals surface area contributed by atoms with Crippen molar-refractivity contribution >= 4 is 27.5 Å². The van der Waals surface area contributed by atoms with Crippen LogP contribution in [0.4, 0.5) is 10.1 Å². The smallest absolute Gasteiger partial charge is 0.264 e. The summed E-state index contributed by atoms with van der Waals surface area (Å²) in [5, 5.41) is 2.90. The molecule has 0 radical (unpaired) electrons. The normalized spacial score (nSPS) is 11.9. The number of halogens is 1. The number of hydrogen-bond acceptors (Lipinski definition) is 5. The molecule has 41 heavy (non-hydrogen) atoms. The minimum Gasteiger partial charge on any atom is -0.494 e. The van der Waals surface area contributed by atoms with Gasteiger partial charge in [0, 0.05) is 13.1 Å². The van der Waals surface area contributed by atoms with Crippen LogP contribution in [0.2, 0.25) is 0 Å². The van der Waals surface area contributed by atoms with Crippen molar-refractivity contribution < 1.29 is 27.1 Å². The molecule has 3 aromatic carbocycles. The number of carbonyl (C=O) groups is 2. The molecule has 1 atom stereocenters. The van der Waals surface area contributed by atoms with E-state index in [1.54, 1.807) is 0 Å². The number of hydrogen-bond donors (Lipinski definition) is 1. The van der Waals surface area contributed by atoms with E-state index in [1.165, 1.54) is 41.3 Å². The average Bonchev–Trinajstić information content (AvgIpc) is 2.97. The van der Waals surface area contributed by atoms with Crippen molar-refractivity contribution in [1.82, 2.24) is 10.2 Å². The lowest BCUT2D eigenvalue weighted by atomic mass is 10.1. The molecule has 0 unspecified atom stereocenters.